The van der Waals surface area contributed by atoms with Crippen molar-refractivity contribution in [3.63, 3.8) is 0 Å². The zero-order chi connectivity index (χ0) is 16.5. The average Bonchev–Trinajstić information content (AvgIpc) is 2.99. The fraction of sp³-hybridized carbons (Fsp3) is 0.267. The topological polar surface area (TPSA) is 82.6 Å². The maximum atomic E-state index is 11.8. The molecular formula is C15H17N3O4S. The highest BCUT2D eigenvalue weighted by Gasteiger charge is 2.05. The molecule has 0 aliphatic carbocycles. The lowest BCUT2D eigenvalue weighted by atomic mass is 10.2. The van der Waals surface area contributed by atoms with Gasteiger partial charge in [-0.25, -0.2) is 0 Å². The van der Waals surface area contributed by atoms with Crippen LogP contribution in [0.3, 0.4) is 0 Å². The Morgan fingerprint density at radius 3 is 2.70 bits per heavy atom. The van der Waals surface area contributed by atoms with Crippen LogP contribution in [0.4, 0.5) is 5.13 Å². The molecule has 7 nitrogen and oxygen atoms in total. The summed E-state index contributed by atoms with van der Waals surface area (Å²) < 4.78 is 15.1. The van der Waals surface area contributed by atoms with E-state index in [1.807, 2.05) is 12.1 Å². The minimum absolute atomic E-state index is 0.199. The van der Waals surface area contributed by atoms with Gasteiger partial charge in [-0.3, -0.25) is 10.1 Å². The number of rotatable bonds is 8. The lowest BCUT2D eigenvalue weighted by Gasteiger charge is -2.04. The number of aromatic nitrogens is 2. The number of anilines is 1. The number of amides is 1. The summed E-state index contributed by atoms with van der Waals surface area (Å²) in [4.78, 5) is 11.8. The van der Waals surface area contributed by atoms with Gasteiger partial charge in [0.25, 0.3) is 0 Å². The third-order valence-corrected chi connectivity index (χ3v) is 3.43. The van der Waals surface area contributed by atoms with E-state index >= 15 is 0 Å². The van der Waals surface area contributed by atoms with Gasteiger partial charge in [0.2, 0.25) is 11.0 Å². The van der Waals surface area contributed by atoms with E-state index in [1.165, 1.54) is 17.4 Å². The molecule has 122 valence electrons. The van der Waals surface area contributed by atoms with Gasteiger partial charge in [-0.05, 0) is 23.8 Å². The summed E-state index contributed by atoms with van der Waals surface area (Å²) in [5.74, 6) is 0.429. The number of carbonyl (C=O) groups excluding carboxylic acids is 1. The number of nitrogens with zero attached hydrogens (tertiary/aromatic N) is 2. The zero-order valence-corrected chi connectivity index (χ0v) is 13.6. The van der Waals surface area contributed by atoms with Crippen molar-refractivity contribution in [1.29, 1.82) is 0 Å². The van der Waals surface area contributed by atoms with Crippen LogP contribution in [-0.4, -0.2) is 37.1 Å². The van der Waals surface area contributed by atoms with Gasteiger partial charge < -0.3 is 14.2 Å². The fourth-order valence-electron chi connectivity index (χ4n) is 1.61. The number of nitrogens with one attached hydrogen (secondary N) is 1. The minimum atomic E-state index is -0.273. The number of ether oxygens (including phenoxy) is 3. The third kappa shape index (κ3) is 5.78. The number of methoxy groups -OCH3 is 2. The molecule has 0 bridgehead atoms. The van der Waals surface area contributed by atoms with E-state index < -0.39 is 0 Å². The maximum absolute atomic E-state index is 11.8. The van der Waals surface area contributed by atoms with Gasteiger partial charge in [0.15, 0.2) is 6.79 Å². The van der Waals surface area contributed by atoms with Crippen LogP contribution in [0.2, 0.25) is 0 Å². The second kappa shape index (κ2) is 8.99. The molecule has 0 spiro atoms. The van der Waals surface area contributed by atoms with Crippen LogP contribution >= 0.6 is 11.3 Å². The Morgan fingerprint density at radius 2 is 2.00 bits per heavy atom. The second-order valence-corrected chi connectivity index (χ2v) is 5.44. The largest absolute Gasteiger partial charge is 0.468 e. The Bertz CT molecular complexity index is 655. The predicted octanol–water partition coefficient (Wildman–Crippen LogP) is 2.32. The molecule has 23 heavy (non-hydrogen) atoms. The van der Waals surface area contributed by atoms with Crippen molar-refractivity contribution >= 4 is 28.5 Å². The van der Waals surface area contributed by atoms with Crippen molar-refractivity contribution in [3.05, 3.63) is 40.9 Å². The van der Waals surface area contributed by atoms with Crippen LogP contribution in [0.25, 0.3) is 6.08 Å². The molecule has 0 unspecified atom stereocenters. The summed E-state index contributed by atoms with van der Waals surface area (Å²) >= 11 is 1.28. The van der Waals surface area contributed by atoms with E-state index in [9.17, 15) is 4.79 Å². The van der Waals surface area contributed by atoms with Crippen LogP contribution in [0, 0.1) is 0 Å². The number of benzene rings is 1. The molecule has 2 aromatic rings. The second-order valence-electron chi connectivity index (χ2n) is 4.38. The zero-order valence-electron chi connectivity index (χ0n) is 12.8. The van der Waals surface area contributed by atoms with Crippen LogP contribution in [-0.2, 0) is 20.9 Å². The minimum Gasteiger partial charge on any atom is -0.468 e. The first kappa shape index (κ1) is 17.1. The van der Waals surface area contributed by atoms with Crippen LogP contribution in [0.15, 0.2) is 30.3 Å². The van der Waals surface area contributed by atoms with Crippen molar-refractivity contribution in [3.8, 4) is 5.75 Å². The fourth-order valence-corrected chi connectivity index (χ4v) is 2.32. The average molecular weight is 335 g/mol. The van der Waals surface area contributed by atoms with E-state index in [4.69, 9.17) is 14.2 Å². The summed E-state index contributed by atoms with van der Waals surface area (Å²) in [5.41, 5.74) is 0.877. The van der Waals surface area contributed by atoms with Gasteiger partial charge in [0.1, 0.15) is 17.4 Å². The third-order valence-electron chi connectivity index (χ3n) is 2.62. The van der Waals surface area contributed by atoms with Gasteiger partial charge in [0, 0.05) is 20.3 Å². The van der Waals surface area contributed by atoms with Crippen LogP contribution < -0.4 is 10.1 Å². The molecule has 0 aliphatic rings. The molecular weight excluding hydrogens is 318 g/mol. The van der Waals surface area contributed by atoms with E-state index in [0.29, 0.717) is 22.5 Å². The Kier molecular flexibility index (Phi) is 6.67. The van der Waals surface area contributed by atoms with Gasteiger partial charge >= 0.3 is 0 Å². The molecule has 1 heterocycles. The first-order chi connectivity index (χ1) is 11.2. The molecule has 0 radical (unpaired) electrons. The van der Waals surface area contributed by atoms with E-state index in [-0.39, 0.29) is 12.7 Å². The number of hydrogen-bond donors (Lipinski definition) is 1. The highest BCUT2D eigenvalue weighted by molar-refractivity contribution is 7.15. The molecule has 1 N–H and O–H groups in total. The van der Waals surface area contributed by atoms with E-state index in [1.54, 1.807) is 32.4 Å². The Morgan fingerprint density at radius 1 is 1.22 bits per heavy atom. The Hall–Kier alpha value is -2.29. The molecule has 8 heteroatoms. The summed E-state index contributed by atoms with van der Waals surface area (Å²) in [6, 6.07) is 7.30. The van der Waals surface area contributed by atoms with Gasteiger partial charge in [-0.1, -0.05) is 23.5 Å². The van der Waals surface area contributed by atoms with Crippen molar-refractivity contribution in [2.24, 2.45) is 0 Å². The summed E-state index contributed by atoms with van der Waals surface area (Å²) in [6.45, 7) is 0.575. The van der Waals surface area contributed by atoms with Crippen LogP contribution in [0.1, 0.15) is 10.6 Å². The molecule has 1 aromatic carbocycles. The Labute approximate surface area is 137 Å². The summed E-state index contributed by atoms with van der Waals surface area (Å²) in [6.07, 6.45) is 3.13. The molecule has 1 amide bonds. The smallest absolute Gasteiger partial charge is 0.250 e. The summed E-state index contributed by atoms with van der Waals surface area (Å²) in [7, 11) is 3.14. The van der Waals surface area contributed by atoms with Crippen molar-refractivity contribution in [2.75, 3.05) is 26.3 Å². The lowest BCUT2D eigenvalue weighted by molar-refractivity contribution is -0.111. The van der Waals surface area contributed by atoms with Gasteiger partial charge in [0.05, 0.1) is 0 Å². The number of hydrogen-bond acceptors (Lipinski definition) is 7. The summed E-state index contributed by atoms with van der Waals surface area (Å²) in [5, 5.41) is 11.6. The first-order valence-corrected chi connectivity index (χ1v) is 7.55. The first-order valence-electron chi connectivity index (χ1n) is 6.73. The van der Waals surface area contributed by atoms with Gasteiger partial charge in [-0.2, -0.15) is 0 Å². The Balaban J connectivity index is 1.87. The molecule has 0 fully saturated rings. The normalized spacial score (nSPS) is 10.9. The molecule has 2 rings (SSSR count). The van der Waals surface area contributed by atoms with E-state index in [2.05, 4.69) is 15.5 Å². The lowest BCUT2D eigenvalue weighted by Crippen LogP contribution is -2.07. The predicted molar refractivity (Wildman–Crippen MR) is 87.2 cm³/mol. The quantitative estimate of drug-likeness (QED) is 0.589. The molecule has 1 aromatic heterocycles. The van der Waals surface area contributed by atoms with Crippen LogP contribution in [0.5, 0.6) is 5.75 Å². The maximum Gasteiger partial charge on any atom is 0.250 e. The highest BCUT2D eigenvalue weighted by atomic mass is 32.1. The molecule has 0 saturated heterocycles. The molecule has 0 aliphatic heterocycles. The van der Waals surface area contributed by atoms with Crippen molar-refractivity contribution in [1.82, 2.24) is 10.2 Å². The monoisotopic (exact) mass is 335 g/mol. The SMILES string of the molecule is COCOc1ccc(/C=C/C(=O)Nc2nnc(COC)s2)cc1. The highest BCUT2D eigenvalue weighted by Crippen LogP contribution is 2.16. The standard InChI is InChI=1S/C15H17N3O4S/c1-20-9-14-17-18-15(23-14)16-13(19)8-5-11-3-6-12(7-4-11)22-10-21-2/h3-8H,9-10H2,1-2H3,(H,16,18,19)/b8-5+. The number of carbonyl (C=O) groups is 1. The van der Waals surface area contributed by atoms with Gasteiger partial charge in [-0.15, -0.1) is 10.2 Å². The van der Waals surface area contributed by atoms with E-state index in [0.717, 1.165) is 5.56 Å². The molecule has 0 atom stereocenters. The van der Waals surface area contributed by atoms with Crippen molar-refractivity contribution < 1.29 is 19.0 Å². The van der Waals surface area contributed by atoms with Crippen molar-refractivity contribution in [2.45, 2.75) is 6.61 Å². The molecule has 0 saturated carbocycles.